The average molecular weight is 516 g/mol. The molecule has 0 fully saturated rings. The standard InChI is InChI=1S/C25H33N5O5S/c1-6-30(19-10-7-9-18(2)15-19)14-8-13-26-23(31)17-27(3)36(34,35)20-11-12-22-21(16-20)24(32)29(5)25(33)28(22)4/h7,9-12,15-16H,6,8,13-14,17H2,1-5H3,(H,26,31). The second-order valence-electron chi connectivity index (χ2n) is 8.77. The van der Waals surface area contributed by atoms with Crippen molar-refractivity contribution in [1.82, 2.24) is 18.8 Å². The second kappa shape index (κ2) is 11.1. The highest BCUT2D eigenvalue weighted by Gasteiger charge is 2.24. The predicted molar refractivity (Wildman–Crippen MR) is 141 cm³/mol. The lowest BCUT2D eigenvalue weighted by Crippen LogP contribution is -2.39. The van der Waals surface area contributed by atoms with Gasteiger partial charge in [0.25, 0.3) is 5.56 Å². The highest BCUT2D eigenvalue weighted by molar-refractivity contribution is 7.89. The molecule has 194 valence electrons. The fraction of sp³-hybridized carbons (Fsp3) is 0.400. The topological polar surface area (TPSA) is 114 Å². The minimum Gasteiger partial charge on any atom is -0.372 e. The van der Waals surface area contributed by atoms with Crippen LogP contribution in [-0.2, 0) is 28.9 Å². The third kappa shape index (κ3) is 5.68. The molecule has 2 aromatic carbocycles. The maximum Gasteiger partial charge on any atom is 0.330 e. The van der Waals surface area contributed by atoms with Crippen LogP contribution in [0.15, 0.2) is 56.9 Å². The summed E-state index contributed by atoms with van der Waals surface area (Å²) in [5.41, 5.74) is 1.55. The van der Waals surface area contributed by atoms with Crippen LogP contribution in [0.5, 0.6) is 0 Å². The van der Waals surface area contributed by atoms with Gasteiger partial charge in [-0.15, -0.1) is 0 Å². The molecule has 0 aliphatic rings. The molecule has 1 heterocycles. The van der Waals surface area contributed by atoms with Crippen LogP contribution in [-0.4, -0.2) is 61.0 Å². The zero-order valence-electron chi connectivity index (χ0n) is 21.3. The smallest absolute Gasteiger partial charge is 0.330 e. The molecule has 1 amide bonds. The van der Waals surface area contributed by atoms with Crippen molar-refractivity contribution >= 4 is 32.5 Å². The number of rotatable bonds is 10. The maximum atomic E-state index is 13.1. The summed E-state index contributed by atoms with van der Waals surface area (Å²) < 4.78 is 29.3. The quantitative estimate of drug-likeness (QED) is 0.406. The Kier molecular flexibility index (Phi) is 8.36. The van der Waals surface area contributed by atoms with Gasteiger partial charge >= 0.3 is 5.69 Å². The predicted octanol–water partition coefficient (Wildman–Crippen LogP) is 1.20. The van der Waals surface area contributed by atoms with E-state index < -0.39 is 27.2 Å². The number of carbonyl (C=O) groups is 1. The number of anilines is 1. The molecule has 0 unspecified atom stereocenters. The molecule has 0 saturated carbocycles. The average Bonchev–Trinajstić information content (AvgIpc) is 2.85. The van der Waals surface area contributed by atoms with Crippen LogP contribution in [0.4, 0.5) is 5.69 Å². The summed E-state index contributed by atoms with van der Waals surface area (Å²) >= 11 is 0. The van der Waals surface area contributed by atoms with Gasteiger partial charge in [-0.05, 0) is 56.2 Å². The fourth-order valence-electron chi connectivity index (χ4n) is 4.05. The van der Waals surface area contributed by atoms with Gasteiger partial charge in [0.2, 0.25) is 15.9 Å². The summed E-state index contributed by atoms with van der Waals surface area (Å²) in [7, 11) is 0.121. The highest BCUT2D eigenvalue weighted by Crippen LogP contribution is 2.19. The molecule has 0 bridgehead atoms. The fourth-order valence-corrected chi connectivity index (χ4v) is 5.20. The third-order valence-corrected chi connectivity index (χ3v) is 7.99. The largest absolute Gasteiger partial charge is 0.372 e. The molecule has 0 aliphatic carbocycles. The molecule has 1 aromatic heterocycles. The molecular formula is C25H33N5O5S. The van der Waals surface area contributed by atoms with Crippen molar-refractivity contribution in [3.8, 4) is 0 Å². The summed E-state index contributed by atoms with van der Waals surface area (Å²) in [6.07, 6.45) is 0.705. The Hall–Kier alpha value is -3.44. The Morgan fingerprint density at radius 1 is 1.06 bits per heavy atom. The van der Waals surface area contributed by atoms with E-state index in [1.807, 2.05) is 19.1 Å². The Labute approximate surface area is 210 Å². The first-order chi connectivity index (χ1) is 17.0. The van der Waals surface area contributed by atoms with E-state index in [1.54, 1.807) is 0 Å². The molecular weight excluding hydrogens is 482 g/mol. The summed E-state index contributed by atoms with van der Waals surface area (Å²) in [5.74, 6) is -0.418. The van der Waals surface area contributed by atoms with E-state index >= 15 is 0 Å². The van der Waals surface area contributed by atoms with Gasteiger partial charge < -0.3 is 10.2 Å². The van der Waals surface area contributed by atoms with Gasteiger partial charge in [-0.3, -0.25) is 18.7 Å². The summed E-state index contributed by atoms with van der Waals surface area (Å²) in [5, 5.41) is 2.88. The van der Waals surface area contributed by atoms with E-state index in [0.717, 1.165) is 27.6 Å². The van der Waals surface area contributed by atoms with E-state index in [-0.39, 0.29) is 16.8 Å². The van der Waals surface area contributed by atoms with E-state index in [0.29, 0.717) is 18.5 Å². The molecule has 3 aromatic rings. The van der Waals surface area contributed by atoms with Crippen molar-refractivity contribution in [3.05, 3.63) is 68.9 Å². The number of sulfonamides is 1. The van der Waals surface area contributed by atoms with Gasteiger partial charge in [0, 0.05) is 46.5 Å². The minimum absolute atomic E-state index is 0.104. The highest BCUT2D eigenvalue weighted by atomic mass is 32.2. The summed E-state index contributed by atoms with van der Waals surface area (Å²) in [6, 6.07) is 12.2. The first-order valence-electron chi connectivity index (χ1n) is 11.7. The van der Waals surface area contributed by atoms with Crippen LogP contribution in [0.2, 0.25) is 0 Å². The van der Waals surface area contributed by atoms with Gasteiger partial charge in [0.15, 0.2) is 0 Å². The Morgan fingerprint density at radius 2 is 1.78 bits per heavy atom. The molecule has 3 rings (SSSR count). The second-order valence-corrected chi connectivity index (χ2v) is 10.8. The first-order valence-corrected chi connectivity index (χ1v) is 13.2. The van der Waals surface area contributed by atoms with Crippen LogP contribution in [0.3, 0.4) is 0 Å². The molecule has 1 N–H and O–H groups in total. The summed E-state index contributed by atoms with van der Waals surface area (Å²) in [4.78, 5) is 39.2. The Bertz CT molecular complexity index is 1490. The number of aromatic nitrogens is 2. The molecule has 0 atom stereocenters. The number of hydrogen-bond donors (Lipinski definition) is 1. The van der Waals surface area contributed by atoms with Crippen molar-refractivity contribution in [2.75, 3.05) is 38.1 Å². The monoisotopic (exact) mass is 515 g/mol. The van der Waals surface area contributed by atoms with Crippen LogP contribution >= 0.6 is 0 Å². The lowest BCUT2D eigenvalue weighted by atomic mass is 10.2. The number of fused-ring (bicyclic) bond motifs is 1. The van der Waals surface area contributed by atoms with Gasteiger partial charge in [-0.2, -0.15) is 4.31 Å². The van der Waals surface area contributed by atoms with Crippen LogP contribution in [0.25, 0.3) is 10.9 Å². The van der Waals surface area contributed by atoms with Crippen LogP contribution < -0.4 is 21.5 Å². The van der Waals surface area contributed by atoms with Crippen molar-refractivity contribution in [3.63, 3.8) is 0 Å². The van der Waals surface area contributed by atoms with Crippen LogP contribution in [0.1, 0.15) is 18.9 Å². The number of amides is 1. The number of carbonyl (C=O) groups excluding carboxylic acids is 1. The summed E-state index contributed by atoms with van der Waals surface area (Å²) in [6.45, 7) is 5.76. The molecule has 0 aliphatic heterocycles. The van der Waals surface area contributed by atoms with Crippen molar-refractivity contribution in [2.24, 2.45) is 14.1 Å². The maximum absolute atomic E-state index is 13.1. The Balaban J connectivity index is 1.62. The van der Waals surface area contributed by atoms with E-state index in [4.69, 9.17) is 0 Å². The van der Waals surface area contributed by atoms with Crippen molar-refractivity contribution in [2.45, 2.75) is 25.2 Å². The van der Waals surface area contributed by atoms with Gasteiger partial charge in [-0.25, -0.2) is 13.2 Å². The Morgan fingerprint density at radius 3 is 2.44 bits per heavy atom. The zero-order chi connectivity index (χ0) is 26.6. The molecule has 11 heteroatoms. The number of benzene rings is 2. The van der Waals surface area contributed by atoms with E-state index in [1.165, 1.54) is 49.5 Å². The minimum atomic E-state index is -4.04. The zero-order valence-corrected chi connectivity index (χ0v) is 22.1. The number of nitrogens with zero attached hydrogens (tertiary/aromatic N) is 4. The number of nitrogens with one attached hydrogen (secondary N) is 1. The molecule has 36 heavy (non-hydrogen) atoms. The van der Waals surface area contributed by atoms with Crippen molar-refractivity contribution < 1.29 is 13.2 Å². The molecule has 10 nitrogen and oxygen atoms in total. The SMILES string of the molecule is CCN(CCCNC(=O)CN(C)S(=O)(=O)c1ccc2c(c1)c(=O)n(C)c(=O)n2C)c1cccc(C)c1. The molecule has 0 saturated heterocycles. The van der Waals surface area contributed by atoms with Gasteiger partial charge in [0.1, 0.15) is 0 Å². The molecule has 0 spiro atoms. The first kappa shape index (κ1) is 27.2. The van der Waals surface area contributed by atoms with Crippen molar-refractivity contribution in [1.29, 1.82) is 0 Å². The number of aryl methyl sites for hydroxylation is 2. The molecule has 0 radical (unpaired) electrons. The number of likely N-dealkylation sites (N-methyl/N-ethyl adjacent to an activating group) is 1. The lowest BCUT2D eigenvalue weighted by Gasteiger charge is -2.23. The van der Waals surface area contributed by atoms with Gasteiger partial charge in [-0.1, -0.05) is 12.1 Å². The van der Waals surface area contributed by atoms with Crippen LogP contribution in [0, 0.1) is 6.92 Å². The van der Waals surface area contributed by atoms with E-state index in [2.05, 4.69) is 29.3 Å². The lowest BCUT2D eigenvalue weighted by molar-refractivity contribution is -0.121. The van der Waals surface area contributed by atoms with Gasteiger partial charge in [0.05, 0.1) is 22.3 Å². The normalized spacial score (nSPS) is 11.7. The van der Waals surface area contributed by atoms with E-state index in [9.17, 15) is 22.8 Å². The number of hydrogen-bond acceptors (Lipinski definition) is 6. The third-order valence-electron chi connectivity index (χ3n) is 6.19.